The van der Waals surface area contributed by atoms with Gasteiger partial charge in [0, 0.05) is 31.9 Å². The first-order chi connectivity index (χ1) is 11.2. The first-order valence-corrected chi connectivity index (χ1v) is 7.30. The second-order valence-electron chi connectivity index (χ2n) is 4.90. The van der Waals surface area contributed by atoms with Crippen LogP contribution in [0.2, 0.25) is 0 Å². The predicted molar refractivity (Wildman–Crippen MR) is 86.4 cm³/mol. The van der Waals surface area contributed by atoms with Gasteiger partial charge in [-0.15, -0.1) is 0 Å². The predicted octanol–water partition coefficient (Wildman–Crippen LogP) is 1.94. The van der Waals surface area contributed by atoms with Gasteiger partial charge in [-0.25, -0.2) is 0 Å². The van der Waals surface area contributed by atoms with Crippen molar-refractivity contribution in [2.75, 3.05) is 13.7 Å². The molecule has 0 saturated carbocycles. The van der Waals surface area contributed by atoms with Gasteiger partial charge in [-0.3, -0.25) is 25.4 Å². The second-order valence-corrected chi connectivity index (χ2v) is 4.90. The number of pyridine rings is 1. The van der Waals surface area contributed by atoms with Crippen molar-refractivity contribution < 1.29 is 14.3 Å². The molecule has 0 aliphatic carbocycles. The van der Waals surface area contributed by atoms with E-state index in [1.807, 2.05) is 30.3 Å². The Hall–Kier alpha value is -2.73. The van der Waals surface area contributed by atoms with E-state index in [1.54, 1.807) is 19.2 Å². The zero-order valence-electron chi connectivity index (χ0n) is 12.9. The molecule has 2 aromatic rings. The molecule has 0 spiro atoms. The average molecular weight is 313 g/mol. The van der Waals surface area contributed by atoms with E-state index in [4.69, 9.17) is 4.74 Å². The van der Waals surface area contributed by atoms with Crippen LogP contribution in [0.15, 0.2) is 48.7 Å². The van der Waals surface area contributed by atoms with E-state index < -0.39 is 5.91 Å². The second kappa shape index (κ2) is 8.65. The van der Waals surface area contributed by atoms with Crippen molar-refractivity contribution in [3.8, 4) is 11.3 Å². The molecule has 2 N–H and O–H groups in total. The van der Waals surface area contributed by atoms with Gasteiger partial charge in [0.15, 0.2) is 0 Å². The molecule has 1 aromatic heterocycles. The molecule has 2 rings (SSSR count). The first-order valence-electron chi connectivity index (χ1n) is 7.30. The maximum Gasteiger partial charge on any atom is 0.271 e. The first kappa shape index (κ1) is 16.6. The molecule has 1 heterocycles. The molecule has 6 heteroatoms. The van der Waals surface area contributed by atoms with Crippen LogP contribution in [0.1, 0.15) is 23.2 Å². The number of hydrogen-bond donors (Lipinski definition) is 2. The molecule has 23 heavy (non-hydrogen) atoms. The van der Waals surface area contributed by atoms with Crippen LogP contribution in [-0.2, 0) is 9.53 Å². The molecule has 120 valence electrons. The van der Waals surface area contributed by atoms with Crippen LogP contribution >= 0.6 is 0 Å². The fourth-order valence-corrected chi connectivity index (χ4v) is 1.95. The summed E-state index contributed by atoms with van der Waals surface area (Å²) in [5.74, 6) is -0.665. The van der Waals surface area contributed by atoms with Crippen LogP contribution in [0, 0.1) is 0 Å². The Morgan fingerprint density at radius 3 is 2.52 bits per heavy atom. The van der Waals surface area contributed by atoms with Gasteiger partial charge in [-0.05, 0) is 18.6 Å². The molecule has 2 amide bonds. The minimum atomic E-state index is -0.405. The Morgan fingerprint density at radius 1 is 1.09 bits per heavy atom. The number of carbonyl (C=O) groups excluding carboxylic acids is 2. The van der Waals surface area contributed by atoms with Crippen molar-refractivity contribution in [2.45, 2.75) is 12.8 Å². The molecule has 0 bridgehead atoms. The van der Waals surface area contributed by atoms with E-state index >= 15 is 0 Å². The number of benzene rings is 1. The molecular weight excluding hydrogens is 294 g/mol. The van der Waals surface area contributed by atoms with E-state index in [0.717, 1.165) is 11.3 Å². The van der Waals surface area contributed by atoms with Crippen molar-refractivity contribution in [3.63, 3.8) is 0 Å². The van der Waals surface area contributed by atoms with Gasteiger partial charge in [-0.1, -0.05) is 30.3 Å². The van der Waals surface area contributed by atoms with Gasteiger partial charge in [0.25, 0.3) is 5.91 Å². The number of carbonyl (C=O) groups is 2. The van der Waals surface area contributed by atoms with Gasteiger partial charge in [0.1, 0.15) is 0 Å². The van der Waals surface area contributed by atoms with E-state index in [-0.39, 0.29) is 5.91 Å². The smallest absolute Gasteiger partial charge is 0.271 e. The van der Waals surface area contributed by atoms with Crippen molar-refractivity contribution in [1.82, 2.24) is 15.8 Å². The summed E-state index contributed by atoms with van der Waals surface area (Å²) in [5.41, 5.74) is 6.87. The minimum Gasteiger partial charge on any atom is -0.385 e. The van der Waals surface area contributed by atoms with Crippen LogP contribution < -0.4 is 10.9 Å². The lowest BCUT2D eigenvalue weighted by Gasteiger charge is -2.07. The summed E-state index contributed by atoms with van der Waals surface area (Å²) in [6.07, 6.45) is 2.37. The monoisotopic (exact) mass is 313 g/mol. The van der Waals surface area contributed by atoms with Gasteiger partial charge < -0.3 is 4.74 Å². The maximum absolute atomic E-state index is 11.9. The van der Waals surface area contributed by atoms with Crippen molar-refractivity contribution in [2.24, 2.45) is 0 Å². The molecule has 0 aliphatic rings. The summed E-state index contributed by atoms with van der Waals surface area (Å²) in [4.78, 5) is 27.7. The lowest BCUT2D eigenvalue weighted by atomic mass is 10.1. The van der Waals surface area contributed by atoms with E-state index in [0.29, 0.717) is 25.0 Å². The van der Waals surface area contributed by atoms with Gasteiger partial charge >= 0.3 is 0 Å². The minimum absolute atomic E-state index is 0.260. The van der Waals surface area contributed by atoms with Crippen molar-refractivity contribution >= 4 is 11.8 Å². The number of methoxy groups -OCH3 is 1. The number of ether oxygens (including phenoxy) is 1. The number of aromatic nitrogens is 1. The zero-order chi connectivity index (χ0) is 16.5. The molecule has 6 nitrogen and oxygen atoms in total. The van der Waals surface area contributed by atoms with Crippen molar-refractivity contribution in [3.05, 3.63) is 54.2 Å². The summed E-state index contributed by atoms with van der Waals surface area (Å²) in [6.45, 7) is 0.506. The van der Waals surface area contributed by atoms with Gasteiger partial charge in [0.05, 0.1) is 11.3 Å². The highest BCUT2D eigenvalue weighted by molar-refractivity contribution is 5.95. The van der Waals surface area contributed by atoms with Crippen molar-refractivity contribution in [1.29, 1.82) is 0 Å². The van der Waals surface area contributed by atoms with E-state index in [1.165, 1.54) is 6.20 Å². The average Bonchev–Trinajstić information content (AvgIpc) is 2.61. The largest absolute Gasteiger partial charge is 0.385 e. The van der Waals surface area contributed by atoms with Crippen LogP contribution in [-0.4, -0.2) is 30.5 Å². The molecular formula is C17H19N3O3. The lowest BCUT2D eigenvalue weighted by Crippen LogP contribution is -2.41. The Morgan fingerprint density at radius 2 is 1.87 bits per heavy atom. The highest BCUT2D eigenvalue weighted by Crippen LogP contribution is 2.15. The fourth-order valence-electron chi connectivity index (χ4n) is 1.95. The third kappa shape index (κ3) is 5.19. The molecule has 0 saturated heterocycles. The maximum atomic E-state index is 11.9. The summed E-state index contributed by atoms with van der Waals surface area (Å²) in [6, 6.07) is 13.1. The van der Waals surface area contributed by atoms with E-state index in [2.05, 4.69) is 15.8 Å². The number of hydrazine groups is 1. The van der Waals surface area contributed by atoms with Crippen LogP contribution in [0.25, 0.3) is 11.3 Å². The Labute approximate surface area is 134 Å². The topological polar surface area (TPSA) is 80.3 Å². The molecule has 1 aromatic carbocycles. The zero-order valence-corrected chi connectivity index (χ0v) is 12.9. The van der Waals surface area contributed by atoms with Gasteiger partial charge in [0.2, 0.25) is 5.91 Å². The Balaban J connectivity index is 1.87. The normalized spacial score (nSPS) is 10.1. The number of rotatable bonds is 6. The number of nitrogens with zero attached hydrogens (tertiary/aromatic N) is 1. The van der Waals surface area contributed by atoms with E-state index in [9.17, 15) is 9.59 Å². The Bertz CT molecular complexity index is 642. The highest BCUT2D eigenvalue weighted by Gasteiger charge is 2.08. The van der Waals surface area contributed by atoms with Crippen LogP contribution in [0.5, 0.6) is 0 Å². The molecule has 0 aliphatic heterocycles. The third-order valence-electron chi connectivity index (χ3n) is 3.16. The van der Waals surface area contributed by atoms with Gasteiger partial charge in [-0.2, -0.15) is 0 Å². The third-order valence-corrected chi connectivity index (χ3v) is 3.16. The number of nitrogens with one attached hydrogen (secondary N) is 2. The summed E-state index contributed by atoms with van der Waals surface area (Å²) in [5, 5.41) is 0. The van der Waals surface area contributed by atoms with Crippen LogP contribution in [0.4, 0.5) is 0 Å². The SMILES string of the molecule is COCCCC(=O)NNC(=O)c1ccc(-c2ccccc2)nc1. The van der Waals surface area contributed by atoms with Crippen LogP contribution in [0.3, 0.4) is 0 Å². The number of amides is 2. The lowest BCUT2D eigenvalue weighted by molar-refractivity contribution is -0.122. The summed E-state index contributed by atoms with van der Waals surface area (Å²) >= 11 is 0. The Kier molecular flexibility index (Phi) is 6.26. The molecule has 0 atom stereocenters. The highest BCUT2D eigenvalue weighted by atomic mass is 16.5. The summed E-state index contributed by atoms with van der Waals surface area (Å²) < 4.78 is 4.86. The molecule has 0 unspecified atom stereocenters. The standard InChI is InChI=1S/C17H19N3O3/c1-23-11-5-8-16(21)19-20-17(22)14-9-10-15(18-12-14)13-6-3-2-4-7-13/h2-4,6-7,9-10,12H,5,8,11H2,1H3,(H,19,21)(H,20,22). The summed E-state index contributed by atoms with van der Waals surface area (Å²) in [7, 11) is 1.58. The molecule has 0 fully saturated rings. The number of hydrogen-bond acceptors (Lipinski definition) is 4. The molecule has 0 radical (unpaired) electrons. The quantitative estimate of drug-likeness (QED) is 0.631. The fraction of sp³-hybridized carbons (Fsp3) is 0.235.